The number of nitrogens with one attached hydrogen (secondary N) is 1. The summed E-state index contributed by atoms with van der Waals surface area (Å²) >= 11 is 6.45. The van der Waals surface area contributed by atoms with E-state index in [2.05, 4.69) is 37.2 Å². The summed E-state index contributed by atoms with van der Waals surface area (Å²) in [6, 6.07) is 3.82. The lowest BCUT2D eigenvalue weighted by molar-refractivity contribution is -0.153. The van der Waals surface area contributed by atoms with Crippen LogP contribution in [0.2, 0.25) is 0 Å². The number of ether oxygens (including phenoxy) is 1. The van der Waals surface area contributed by atoms with Crippen LogP contribution in [0.1, 0.15) is 19.4 Å². The van der Waals surface area contributed by atoms with Crippen molar-refractivity contribution in [1.29, 1.82) is 0 Å². The first kappa shape index (κ1) is 16.8. The van der Waals surface area contributed by atoms with Crippen molar-refractivity contribution < 1.29 is 17.9 Å². The molecule has 19 heavy (non-hydrogen) atoms. The zero-order valence-electron chi connectivity index (χ0n) is 10.4. The summed E-state index contributed by atoms with van der Waals surface area (Å²) in [5, 5.41) is 3.23. The molecule has 2 nitrogen and oxygen atoms in total. The Morgan fingerprint density at radius 1 is 1.21 bits per heavy atom. The Kier molecular flexibility index (Phi) is 6.14. The smallest absolute Gasteiger partial charge is 0.422 e. The van der Waals surface area contributed by atoms with E-state index in [0.29, 0.717) is 21.5 Å². The molecular formula is C12H14Br2F3NO. The van der Waals surface area contributed by atoms with E-state index in [1.165, 1.54) is 0 Å². The molecule has 0 bridgehead atoms. The van der Waals surface area contributed by atoms with Gasteiger partial charge in [0.1, 0.15) is 5.75 Å². The molecule has 0 unspecified atom stereocenters. The molecule has 0 aliphatic heterocycles. The van der Waals surface area contributed by atoms with Crippen molar-refractivity contribution >= 4 is 31.9 Å². The summed E-state index contributed by atoms with van der Waals surface area (Å²) in [7, 11) is 0. The van der Waals surface area contributed by atoms with Crippen molar-refractivity contribution in [2.45, 2.75) is 32.6 Å². The van der Waals surface area contributed by atoms with Crippen molar-refractivity contribution in [3.05, 3.63) is 26.6 Å². The molecule has 0 aromatic heterocycles. The second-order valence-electron chi connectivity index (χ2n) is 4.33. The summed E-state index contributed by atoms with van der Waals surface area (Å²) in [6.07, 6.45) is -4.35. The van der Waals surface area contributed by atoms with Crippen LogP contribution < -0.4 is 10.1 Å². The first-order valence-electron chi connectivity index (χ1n) is 5.60. The largest absolute Gasteiger partial charge is 0.482 e. The van der Waals surface area contributed by atoms with Crippen LogP contribution in [0.3, 0.4) is 0 Å². The first-order valence-corrected chi connectivity index (χ1v) is 7.18. The van der Waals surface area contributed by atoms with Gasteiger partial charge < -0.3 is 10.1 Å². The van der Waals surface area contributed by atoms with Gasteiger partial charge in [0.15, 0.2) is 6.61 Å². The van der Waals surface area contributed by atoms with E-state index in [0.717, 1.165) is 5.56 Å². The Bertz CT molecular complexity index is 412. The molecule has 0 heterocycles. The second kappa shape index (κ2) is 6.95. The van der Waals surface area contributed by atoms with E-state index in [9.17, 15) is 13.2 Å². The van der Waals surface area contributed by atoms with Gasteiger partial charge in [0.2, 0.25) is 0 Å². The third-order valence-electron chi connectivity index (χ3n) is 2.15. The molecule has 108 valence electrons. The molecule has 0 aliphatic carbocycles. The highest BCUT2D eigenvalue weighted by Crippen LogP contribution is 2.35. The van der Waals surface area contributed by atoms with Crippen LogP contribution in [0.15, 0.2) is 21.1 Å². The molecule has 7 heteroatoms. The molecule has 0 amide bonds. The van der Waals surface area contributed by atoms with E-state index in [1.807, 2.05) is 13.8 Å². The van der Waals surface area contributed by atoms with E-state index in [-0.39, 0.29) is 5.75 Å². The van der Waals surface area contributed by atoms with Gasteiger partial charge in [0.25, 0.3) is 0 Å². The topological polar surface area (TPSA) is 21.3 Å². The Hall–Kier alpha value is -0.270. The lowest BCUT2D eigenvalue weighted by Crippen LogP contribution is -2.22. The lowest BCUT2D eigenvalue weighted by atomic mass is 10.2. The molecule has 1 N–H and O–H groups in total. The number of hydrogen-bond acceptors (Lipinski definition) is 2. The first-order chi connectivity index (χ1) is 8.69. The van der Waals surface area contributed by atoms with Crippen LogP contribution in [-0.4, -0.2) is 18.8 Å². The fourth-order valence-electron chi connectivity index (χ4n) is 1.33. The van der Waals surface area contributed by atoms with Crippen LogP contribution in [0, 0.1) is 0 Å². The molecule has 1 rings (SSSR count). The molecule has 1 aromatic rings. The standard InChI is InChI=1S/C12H14Br2F3NO/c1-7(2)18-5-8-3-9(13)11(10(14)4-8)19-6-12(15,16)17/h3-4,7,18H,5-6H2,1-2H3. The number of rotatable bonds is 5. The minimum Gasteiger partial charge on any atom is -0.482 e. The van der Waals surface area contributed by atoms with Gasteiger partial charge in [-0.1, -0.05) is 13.8 Å². The van der Waals surface area contributed by atoms with Gasteiger partial charge in [0, 0.05) is 12.6 Å². The number of halogens is 5. The monoisotopic (exact) mass is 403 g/mol. The third kappa shape index (κ3) is 6.14. The number of benzene rings is 1. The number of hydrogen-bond donors (Lipinski definition) is 1. The van der Waals surface area contributed by atoms with Crippen LogP contribution in [0.25, 0.3) is 0 Å². The minimum absolute atomic E-state index is 0.158. The highest BCUT2D eigenvalue weighted by molar-refractivity contribution is 9.11. The van der Waals surface area contributed by atoms with E-state index in [4.69, 9.17) is 4.74 Å². The van der Waals surface area contributed by atoms with Gasteiger partial charge in [-0.25, -0.2) is 0 Å². The molecule has 0 atom stereocenters. The quantitative estimate of drug-likeness (QED) is 0.771. The van der Waals surface area contributed by atoms with E-state index in [1.54, 1.807) is 12.1 Å². The maximum atomic E-state index is 12.1. The summed E-state index contributed by atoms with van der Waals surface area (Å²) in [6.45, 7) is 3.36. The molecule has 0 fully saturated rings. The normalized spacial score (nSPS) is 12.0. The molecular weight excluding hydrogens is 391 g/mol. The Balaban J connectivity index is 2.79. The fourth-order valence-corrected chi connectivity index (χ4v) is 2.84. The van der Waals surface area contributed by atoms with Gasteiger partial charge in [-0.15, -0.1) is 0 Å². The second-order valence-corrected chi connectivity index (χ2v) is 6.04. The van der Waals surface area contributed by atoms with Gasteiger partial charge in [0.05, 0.1) is 8.95 Å². The third-order valence-corrected chi connectivity index (χ3v) is 3.33. The predicted molar refractivity (Wildman–Crippen MR) is 75.4 cm³/mol. The lowest BCUT2D eigenvalue weighted by Gasteiger charge is -2.14. The maximum absolute atomic E-state index is 12.1. The van der Waals surface area contributed by atoms with E-state index < -0.39 is 12.8 Å². The van der Waals surface area contributed by atoms with Crippen molar-refractivity contribution in [2.75, 3.05) is 6.61 Å². The average Bonchev–Trinajstić information content (AvgIpc) is 2.23. The highest BCUT2D eigenvalue weighted by atomic mass is 79.9. The van der Waals surface area contributed by atoms with Gasteiger partial charge in [-0.3, -0.25) is 0 Å². The molecule has 0 saturated carbocycles. The van der Waals surface area contributed by atoms with Crippen LogP contribution in [0.5, 0.6) is 5.75 Å². The molecule has 0 aliphatic rings. The molecule has 0 radical (unpaired) electrons. The zero-order chi connectivity index (χ0) is 14.6. The highest BCUT2D eigenvalue weighted by Gasteiger charge is 2.29. The molecule has 1 aromatic carbocycles. The minimum atomic E-state index is -4.35. The van der Waals surface area contributed by atoms with Crippen LogP contribution >= 0.6 is 31.9 Å². The maximum Gasteiger partial charge on any atom is 0.422 e. The van der Waals surface area contributed by atoms with Crippen molar-refractivity contribution in [2.24, 2.45) is 0 Å². The van der Waals surface area contributed by atoms with Gasteiger partial charge >= 0.3 is 6.18 Å². The summed E-state index contributed by atoms with van der Waals surface area (Å²) < 4.78 is 42.1. The predicted octanol–water partition coefficient (Wildman–Crippen LogP) is 4.65. The Labute approximate surface area is 127 Å². The summed E-state index contributed by atoms with van der Waals surface area (Å²) in [5.41, 5.74) is 0.951. The van der Waals surface area contributed by atoms with Crippen molar-refractivity contribution in [3.63, 3.8) is 0 Å². The summed E-state index contributed by atoms with van der Waals surface area (Å²) in [5.74, 6) is 0.158. The fraction of sp³-hybridized carbons (Fsp3) is 0.500. The van der Waals surface area contributed by atoms with Gasteiger partial charge in [-0.2, -0.15) is 13.2 Å². The van der Waals surface area contributed by atoms with Crippen LogP contribution in [-0.2, 0) is 6.54 Å². The Morgan fingerprint density at radius 3 is 2.16 bits per heavy atom. The van der Waals surface area contributed by atoms with Crippen LogP contribution in [0.4, 0.5) is 13.2 Å². The summed E-state index contributed by atoms with van der Waals surface area (Å²) in [4.78, 5) is 0. The van der Waals surface area contributed by atoms with Gasteiger partial charge in [-0.05, 0) is 49.6 Å². The van der Waals surface area contributed by atoms with E-state index >= 15 is 0 Å². The molecule has 0 spiro atoms. The number of alkyl halides is 3. The van der Waals surface area contributed by atoms with Crippen molar-refractivity contribution in [1.82, 2.24) is 5.32 Å². The zero-order valence-corrected chi connectivity index (χ0v) is 13.6. The Morgan fingerprint density at radius 2 is 1.74 bits per heavy atom. The SMILES string of the molecule is CC(C)NCc1cc(Br)c(OCC(F)(F)F)c(Br)c1. The molecule has 0 saturated heterocycles. The van der Waals surface area contributed by atoms with Crippen molar-refractivity contribution in [3.8, 4) is 5.75 Å². The average molecular weight is 405 g/mol.